The minimum Gasteiger partial charge on any atom is -0.493 e. The lowest BCUT2D eigenvalue weighted by atomic mass is 9.93. The number of carbonyl (C=O) groups is 2. The van der Waals surface area contributed by atoms with Crippen molar-refractivity contribution in [2.24, 2.45) is 5.10 Å². The molecule has 1 aliphatic rings. The molecular weight excluding hydrogens is 389 g/mol. The predicted octanol–water partition coefficient (Wildman–Crippen LogP) is 3.73. The lowest BCUT2D eigenvalue weighted by molar-refractivity contribution is -0.119. The van der Waals surface area contributed by atoms with Crippen LogP contribution in [0.15, 0.2) is 11.2 Å². The van der Waals surface area contributed by atoms with E-state index in [4.69, 9.17) is 21.1 Å². The summed E-state index contributed by atoms with van der Waals surface area (Å²) in [5, 5.41) is 6.60. The minimum absolute atomic E-state index is 0.111. The van der Waals surface area contributed by atoms with E-state index in [0.29, 0.717) is 17.8 Å². The molecule has 1 atom stereocenters. The Hall–Kier alpha value is -2.35. The number of ether oxygens (including phenoxy) is 2. The molecule has 1 heterocycles. The molecule has 9 heteroatoms. The first-order valence-electron chi connectivity index (χ1n) is 8.98. The first-order chi connectivity index (χ1) is 13.0. The Kier molecular flexibility index (Phi) is 6.87. The molecule has 0 aliphatic carbocycles. The fourth-order valence-corrected chi connectivity index (χ4v) is 3.07. The first kappa shape index (κ1) is 21.9. The van der Waals surface area contributed by atoms with Crippen molar-refractivity contribution < 1.29 is 23.5 Å². The fraction of sp³-hybridized carbons (Fsp3) is 0.526. The summed E-state index contributed by atoms with van der Waals surface area (Å²) >= 11 is 6.10. The summed E-state index contributed by atoms with van der Waals surface area (Å²) < 4.78 is 25.7. The average Bonchev–Trinajstić information content (AvgIpc) is 3.00. The molecule has 2 rings (SSSR count). The van der Waals surface area contributed by atoms with Crippen LogP contribution in [-0.2, 0) is 9.53 Å². The van der Waals surface area contributed by atoms with Gasteiger partial charge >= 0.3 is 6.09 Å². The van der Waals surface area contributed by atoms with Crippen LogP contribution in [0.4, 0.5) is 9.18 Å². The molecule has 1 aromatic carbocycles. The molecule has 1 saturated heterocycles. The Balaban J connectivity index is 2.42. The molecule has 1 unspecified atom stereocenters. The van der Waals surface area contributed by atoms with Crippen molar-refractivity contribution in [3.05, 3.63) is 28.0 Å². The third-order valence-corrected chi connectivity index (χ3v) is 4.26. The van der Waals surface area contributed by atoms with Crippen molar-refractivity contribution in [2.45, 2.75) is 52.6 Å². The summed E-state index contributed by atoms with van der Waals surface area (Å²) in [4.78, 5) is 23.4. The molecule has 1 fully saturated rings. The maximum atomic E-state index is 14.8. The highest BCUT2D eigenvalue weighted by atomic mass is 35.5. The largest absolute Gasteiger partial charge is 0.493 e. The number of carbonyl (C=O) groups excluding carboxylic acids is 2. The van der Waals surface area contributed by atoms with Gasteiger partial charge in [0, 0.05) is 30.0 Å². The van der Waals surface area contributed by atoms with Gasteiger partial charge in [0.05, 0.1) is 17.3 Å². The highest BCUT2D eigenvalue weighted by molar-refractivity contribution is 6.31. The van der Waals surface area contributed by atoms with Gasteiger partial charge in [-0.25, -0.2) is 14.6 Å². The van der Waals surface area contributed by atoms with E-state index >= 15 is 0 Å². The normalized spacial score (nSPS) is 17.3. The molecule has 1 aliphatic heterocycles. The van der Waals surface area contributed by atoms with Crippen LogP contribution >= 0.6 is 11.6 Å². The van der Waals surface area contributed by atoms with Gasteiger partial charge in [0.2, 0.25) is 5.91 Å². The summed E-state index contributed by atoms with van der Waals surface area (Å²) in [6.45, 7) is 9.18. The summed E-state index contributed by atoms with van der Waals surface area (Å²) in [7, 11) is 0. The van der Waals surface area contributed by atoms with Crippen LogP contribution in [0.1, 0.15) is 58.1 Å². The summed E-state index contributed by atoms with van der Waals surface area (Å²) in [5.41, 5.74) is 2.65. The molecule has 1 aromatic rings. The Morgan fingerprint density at radius 2 is 2.14 bits per heavy atom. The molecule has 7 nitrogen and oxygen atoms in total. The maximum Gasteiger partial charge on any atom is 0.428 e. The number of amides is 2. The van der Waals surface area contributed by atoms with Crippen LogP contribution in [0.5, 0.6) is 5.75 Å². The number of benzene rings is 1. The third kappa shape index (κ3) is 5.34. The van der Waals surface area contributed by atoms with Gasteiger partial charge in [-0.2, -0.15) is 5.10 Å². The van der Waals surface area contributed by atoms with E-state index in [1.165, 1.54) is 6.07 Å². The van der Waals surface area contributed by atoms with Crippen molar-refractivity contribution >= 4 is 29.3 Å². The molecule has 154 valence electrons. The topological polar surface area (TPSA) is 89.0 Å². The van der Waals surface area contributed by atoms with Gasteiger partial charge in [0.25, 0.3) is 0 Å². The van der Waals surface area contributed by atoms with Crippen LogP contribution in [0.25, 0.3) is 0 Å². The molecule has 0 saturated carbocycles. The Labute approximate surface area is 168 Å². The highest BCUT2D eigenvalue weighted by Gasteiger charge is 2.32. The predicted molar refractivity (Wildman–Crippen MR) is 105 cm³/mol. The van der Waals surface area contributed by atoms with Crippen LogP contribution in [-0.4, -0.2) is 36.5 Å². The van der Waals surface area contributed by atoms with E-state index in [2.05, 4.69) is 15.8 Å². The van der Waals surface area contributed by atoms with Crippen LogP contribution < -0.4 is 15.5 Å². The first-order valence-corrected chi connectivity index (χ1v) is 9.36. The number of rotatable bonds is 5. The van der Waals surface area contributed by atoms with Gasteiger partial charge in [-0.1, -0.05) is 11.6 Å². The molecule has 0 spiro atoms. The summed E-state index contributed by atoms with van der Waals surface area (Å²) in [6, 6.07) is 1.39. The number of hydrogen-bond acceptors (Lipinski definition) is 5. The third-order valence-electron chi connectivity index (χ3n) is 3.98. The summed E-state index contributed by atoms with van der Waals surface area (Å²) in [5.74, 6) is -0.926. The molecule has 2 amide bonds. The van der Waals surface area contributed by atoms with Crippen LogP contribution in [0.2, 0.25) is 5.02 Å². The van der Waals surface area contributed by atoms with Crippen molar-refractivity contribution in [2.75, 3.05) is 13.2 Å². The van der Waals surface area contributed by atoms with Crippen LogP contribution in [0.3, 0.4) is 0 Å². The van der Waals surface area contributed by atoms with Crippen molar-refractivity contribution in [1.82, 2.24) is 10.7 Å². The van der Waals surface area contributed by atoms with Crippen molar-refractivity contribution in [3.63, 3.8) is 0 Å². The minimum atomic E-state index is -0.719. The molecule has 0 radical (unpaired) electrons. The lowest BCUT2D eigenvalue weighted by Crippen LogP contribution is -2.30. The van der Waals surface area contributed by atoms with E-state index < -0.39 is 23.4 Å². The average molecular weight is 414 g/mol. The molecule has 2 N–H and O–H groups in total. The number of hydrogen-bond donors (Lipinski definition) is 2. The molecular formula is C19H25ClFN3O4. The zero-order valence-corrected chi connectivity index (χ0v) is 17.4. The van der Waals surface area contributed by atoms with Gasteiger partial charge in [-0.05, 0) is 40.7 Å². The number of hydrazone groups is 1. The zero-order chi connectivity index (χ0) is 21.1. The second-order valence-corrected chi connectivity index (χ2v) is 7.82. The smallest absolute Gasteiger partial charge is 0.428 e. The van der Waals surface area contributed by atoms with Crippen molar-refractivity contribution in [3.8, 4) is 5.75 Å². The monoisotopic (exact) mass is 413 g/mol. The second kappa shape index (κ2) is 8.77. The maximum absolute atomic E-state index is 14.8. The number of nitrogens with one attached hydrogen (secondary N) is 2. The SMILES string of the molecule is CCOc1c(C(C)=NNC(=O)OC(C)(C)C)cc(Cl)c(F)c1C1CNC(=O)C1. The van der Waals surface area contributed by atoms with E-state index in [0.717, 1.165) is 0 Å². The van der Waals surface area contributed by atoms with Gasteiger partial charge in [0.15, 0.2) is 0 Å². The van der Waals surface area contributed by atoms with E-state index in [1.54, 1.807) is 34.6 Å². The summed E-state index contributed by atoms with van der Waals surface area (Å²) in [6.07, 6.45) is -0.577. The van der Waals surface area contributed by atoms with Gasteiger partial charge in [-0.3, -0.25) is 4.79 Å². The van der Waals surface area contributed by atoms with Gasteiger partial charge in [0.1, 0.15) is 17.2 Å². The second-order valence-electron chi connectivity index (χ2n) is 7.41. The number of halogens is 2. The quantitative estimate of drug-likeness (QED) is 0.568. The Bertz CT molecular complexity index is 805. The molecule has 0 bridgehead atoms. The van der Waals surface area contributed by atoms with E-state index in [9.17, 15) is 14.0 Å². The highest BCUT2D eigenvalue weighted by Crippen LogP contribution is 2.39. The Morgan fingerprint density at radius 3 is 2.68 bits per heavy atom. The lowest BCUT2D eigenvalue weighted by Gasteiger charge is -2.20. The van der Waals surface area contributed by atoms with E-state index in [1.807, 2.05) is 0 Å². The fourth-order valence-electron chi connectivity index (χ4n) is 2.86. The van der Waals surface area contributed by atoms with Gasteiger partial charge in [-0.15, -0.1) is 0 Å². The molecule has 0 aromatic heterocycles. The van der Waals surface area contributed by atoms with Gasteiger partial charge < -0.3 is 14.8 Å². The zero-order valence-electron chi connectivity index (χ0n) is 16.6. The van der Waals surface area contributed by atoms with Crippen LogP contribution in [0, 0.1) is 5.82 Å². The molecule has 28 heavy (non-hydrogen) atoms. The Morgan fingerprint density at radius 1 is 1.46 bits per heavy atom. The standard InChI is InChI=1S/C19H25ClFN3O4/c1-6-27-17-12(10(2)23-24-18(26)28-19(3,4)5)8-13(20)16(21)15(17)11-7-14(25)22-9-11/h8,11H,6-7,9H2,1-5H3,(H,22,25)(H,24,26). The number of nitrogens with zero attached hydrogens (tertiary/aromatic N) is 1. The van der Waals surface area contributed by atoms with E-state index in [-0.39, 0.29) is 35.3 Å². The van der Waals surface area contributed by atoms with Crippen molar-refractivity contribution in [1.29, 1.82) is 0 Å².